The molecule has 102 heavy (non-hydrogen) atoms. The van der Waals surface area contributed by atoms with E-state index < -0.39 is 132 Å². The Labute approximate surface area is 588 Å². The van der Waals surface area contributed by atoms with Gasteiger partial charge in [-0.1, -0.05) is 88.4 Å². The molecular weight excluding hydrogens is 1320 g/mol. The number of nitrogens with one attached hydrogen (secondary N) is 12. The van der Waals surface area contributed by atoms with Gasteiger partial charge in [0.05, 0.1) is 24.8 Å². The van der Waals surface area contributed by atoms with Crippen LogP contribution in [0.1, 0.15) is 94.8 Å². The van der Waals surface area contributed by atoms with Gasteiger partial charge < -0.3 is 107 Å². The summed E-state index contributed by atoms with van der Waals surface area (Å²) in [7, 11) is 0. The van der Waals surface area contributed by atoms with E-state index in [2.05, 4.69) is 82.8 Å². The molecule has 0 aliphatic heterocycles. The van der Waals surface area contributed by atoms with Crippen molar-refractivity contribution < 1.29 is 63.3 Å². The molecule has 3 aromatic heterocycles. The van der Waals surface area contributed by atoms with Gasteiger partial charge in [-0.3, -0.25) is 53.1 Å². The van der Waals surface area contributed by atoms with Crippen LogP contribution in [-0.2, 0) is 80.0 Å². The Morgan fingerprint density at radius 1 is 0.480 bits per heavy atom. The summed E-state index contributed by atoms with van der Waals surface area (Å²) in [5.41, 5.74) is 31.9. The van der Waals surface area contributed by atoms with Crippen LogP contribution in [0.5, 0.6) is 5.75 Å². The molecule has 0 bridgehead atoms. The van der Waals surface area contributed by atoms with E-state index in [-0.39, 0.29) is 101 Å². The van der Waals surface area contributed by atoms with Gasteiger partial charge in [-0.15, -0.1) is 0 Å². The van der Waals surface area contributed by atoms with E-state index >= 15 is 0 Å². The Bertz CT molecular complexity index is 3800. The first-order valence-electron chi connectivity index (χ1n) is 33.4. The zero-order chi connectivity index (χ0) is 74.6. The second-order valence-electron chi connectivity index (χ2n) is 25.5. The number of aromatic nitrogens is 5. The molecule has 0 fully saturated rings. The van der Waals surface area contributed by atoms with E-state index in [1.807, 2.05) is 32.0 Å². The summed E-state index contributed by atoms with van der Waals surface area (Å²) in [5, 5.41) is 55.9. The predicted molar refractivity (Wildman–Crippen MR) is 377 cm³/mol. The fourth-order valence-electron chi connectivity index (χ4n) is 11.0. The van der Waals surface area contributed by atoms with Crippen LogP contribution in [0, 0.1) is 11.8 Å². The van der Waals surface area contributed by atoms with Crippen LogP contribution in [0.25, 0.3) is 10.9 Å². The Kier molecular flexibility index (Phi) is 30.7. The molecule has 11 atom stereocenters. The van der Waals surface area contributed by atoms with Crippen LogP contribution < -0.4 is 76.5 Å². The quantitative estimate of drug-likeness (QED) is 0.0110. The summed E-state index contributed by atoms with van der Waals surface area (Å²) in [6.45, 7) is 8.03. The van der Waals surface area contributed by atoms with E-state index in [0.717, 1.165) is 10.9 Å². The third-order valence-corrected chi connectivity index (χ3v) is 16.4. The molecule has 0 aliphatic carbocycles. The first kappa shape index (κ1) is 79.6. The topological polar surface area (TPSA) is 568 Å². The lowest BCUT2D eigenvalue weighted by Gasteiger charge is -2.29. The number of carbonyl (C=O) groups is 10. The fourth-order valence-corrected chi connectivity index (χ4v) is 11.0. The molecular formula is C68H95N21O13. The number of hydrogen-bond acceptors (Lipinski definition) is 17. The zero-order valence-corrected chi connectivity index (χ0v) is 57.5. The second-order valence-corrected chi connectivity index (χ2v) is 25.5. The molecule has 6 rings (SSSR count). The first-order valence-corrected chi connectivity index (χ1v) is 33.4. The average Bonchev–Trinajstić information content (AvgIpc) is 1.52. The normalized spacial score (nSPS) is 14.5. The van der Waals surface area contributed by atoms with Crippen LogP contribution in [0.3, 0.4) is 0 Å². The van der Waals surface area contributed by atoms with Crippen molar-refractivity contribution in [3.05, 3.63) is 138 Å². The van der Waals surface area contributed by atoms with E-state index in [4.69, 9.17) is 28.7 Å². The van der Waals surface area contributed by atoms with Crippen molar-refractivity contribution in [1.82, 2.24) is 72.8 Å². The molecule has 0 spiro atoms. The molecule has 25 N–H and O–H groups in total. The first-order chi connectivity index (χ1) is 48.5. The molecule has 0 saturated carbocycles. The highest BCUT2D eigenvalue weighted by Gasteiger charge is 2.38. The smallest absolute Gasteiger partial charge is 0.326 e. The van der Waals surface area contributed by atoms with Crippen molar-refractivity contribution in [2.24, 2.45) is 50.5 Å². The number of aliphatic carboxylic acids is 1. The minimum atomic E-state index is -1.86. The van der Waals surface area contributed by atoms with Gasteiger partial charge in [0.2, 0.25) is 53.2 Å². The van der Waals surface area contributed by atoms with Gasteiger partial charge >= 0.3 is 5.97 Å². The molecule has 6 aromatic rings. The summed E-state index contributed by atoms with van der Waals surface area (Å²) in [6.07, 6.45) is 4.57. The second kappa shape index (κ2) is 39.4. The lowest BCUT2D eigenvalue weighted by Crippen LogP contribution is -2.63. The number of guanidine groups is 2. The number of H-pyrrole nitrogens is 3. The number of amides is 9. The van der Waals surface area contributed by atoms with Crippen molar-refractivity contribution in [3.63, 3.8) is 0 Å². The number of fused-ring (bicyclic) bond motifs is 1. The Balaban J connectivity index is 1.21. The van der Waals surface area contributed by atoms with Crippen molar-refractivity contribution >= 4 is 82.0 Å². The number of aliphatic hydroxyl groups is 1. The number of carboxylic acid groups (broad SMARTS) is 1. The maximum absolute atomic E-state index is 14.8. The van der Waals surface area contributed by atoms with E-state index in [9.17, 15) is 63.3 Å². The maximum Gasteiger partial charge on any atom is 0.326 e. The predicted octanol–water partition coefficient (Wildman–Crippen LogP) is -2.20. The van der Waals surface area contributed by atoms with Crippen molar-refractivity contribution in [2.75, 3.05) is 13.1 Å². The van der Waals surface area contributed by atoms with Crippen molar-refractivity contribution in [2.45, 2.75) is 165 Å². The average molecular weight is 1410 g/mol. The minimum Gasteiger partial charge on any atom is -0.508 e. The van der Waals surface area contributed by atoms with Crippen LogP contribution in [0.15, 0.2) is 120 Å². The standard InChI is InChI=1S/C68H95N21O13/c1-36(2)25-50(83-57(92)46(69)26-40-19-21-44(91)22-20-40)60(95)82-48(17-11-23-76-67(70)71)58(93)81-49(18-12-24-77-68(72)73)59(94)84-52(29-42-32-74-34-79-42)63(98)89-56(38(5)90)65(100)86-53(30-43-33-75-35-80-43)62(97)88-55(37(3)4)64(99)85-51(27-39-13-7-6-8-14-39)61(96)87-54(66(101)102)28-41-31-78-47-16-10-9-15-45(41)47/h6-10,13-16,19-22,31-38,46,48-56,78,90-91H,11-12,17-18,23-30,69H2,1-5H3,(H,74,79)(H,75,80)(H,81,93)(H,82,95)(H,83,92)(H,84,94)(H,85,99)(H,86,100)(H,87,96)(H,88,97)(H,89,98)(H,101,102)(H4,70,71,76)(H4,72,73,77)/t38-,46+,48+,49+,50+,51+,52+,53+,54+,55+,56+/m1/s1. The molecule has 0 unspecified atom stereocenters. The molecule has 34 heteroatoms. The summed E-state index contributed by atoms with van der Waals surface area (Å²) >= 11 is 0. The number of nitrogens with two attached hydrogens (primary N) is 5. The minimum absolute atomic E-state index is 0.0145. The van der Waals surface area contributed by atoms with Gasteiger partial charge in [0.15, 0.2) is 11.9 Å². The lowest BCUT2D eigenvalue weighted by atomic mass is 9.99. The number of aromatic hydroxyl groups is 1. The number of para-hydroxylation sites is 1. The summed E-state index contributed by atoms with van der Waals surface area (Å²) < 4.78 is 0. The van der Waals surface area contributed by atoms with E-state index in [1.54, 1.807) is 68.6 Å². The largest absolute Gasteiger partial charge is 0.508 e. The Morgan fingerprint density at radius 3 is 1.42 bits per heavy atom. The molecule has 0 aliphatic rings. The number of phenolic OH excluding ortho intramolecular Hbond substituents is 1. The van der Waals surface area contributed by atoms with Crippen LogP contribution >= 0.6 is 0 Å². The summed E-state index contributed by atoms with van der Waals surface area (Å²) in [4.78, 5) is 167. The number of nitrogens with zero attached hydrogens (tertiary/aromatic N) is 4. The number of carboxylic acids is 1. The number of aliphatic hydroxyl groups excluding tert-OH is 1. The van der Waals surface area contributed by atoms with Gasteiger partial charge in [0, 0.05) is 79.7 Å². The third-order valence-electron chi connectivity index (χ3n) is 16.4. The summed E-state index contributed by atoms with van der Waals surface area (Å²) in [6, 6.07) is 7.48. The Hall–Kier alpha value is -11.4. The molecule has 9 amide bonds. The van der Waals surface area contributed by atoms with Crippen LogP contribution in [0.4, 0.5) is 0 Å². The highest BCUT2D eigenvalue weighted by Crippen LogP contribution is 2.21. The molecule has 0 saturated heterocycles. The number of phenols is 1. The molecule has 3 aromatic carbocycles. The molecule has 0 radical (unpaired) electrons. The maximum atomic E-state index is 14.8. The van der Waals surface area contributed by atoms with E-state index in [1.165, 1.54) is 44.1 Å². The fraction of sp³-hybridized carbons (Fsp3) is 0.441. The molecule has 550 valence electrons. The van der Waals surface area contributed by atoms with Gasteiger partial charge in [0.1, 0.15) is 60.1 Å². The highest BCUT2D eigenvalue weighted by molar-refractivity contribution is 5.99. The lowest BCUT2D eigenvalue weighted by molar-refractivity contribution is -0.142. The van der Waals surface area contributed by atoms with Crippen LogP contribution in [-0.4, -0.2) is 191 Å². The van der Waals surface area contributed by atoms with Crippen molar-refractivity contribution in [1.29, 1.82) is 0 Å². The monoisotopic (exact) mass is 1410 g/mol. The van der Waals surface area contributed by atoms with Crippen molar-refractivity contribution in [3.8, 4) is 5.75 Å². The van der Waals surface area contributed by atoms with Crippen LogP contribution in [0.2, 0.25) is 0 Å². The number of hydrogen-bond donors (Lipinski definition) is 20. The zero-order valence-electron chi connectivity index (χ0n) is 57.5. The number of benzene rings is 3. The number of imidazole rings is 2. The summed E-state index contributed by atoms with van der Waals surface area (Å²) in [5.74, 6) is -10.7. The van der Waals surface area contributed by atoms with E-state index in [0.29, 0.717) is 28.1 Å². The Morgan fingerprint density at radius 2 is 0.922 bits per heavy atom. The number of carbonyl (C=O) groups excluding carboxylic acids is 9. The third kappa shape index (κ3) is 25.7. The van der Waals surface area contributed by atoms with Gasteiger partial charge in [0.25, 0.3) is 0 Å². The number of aliphatic imine (C=N–C) groups is 2. The number of aromatic amines is 3. The number of rotatable bonds is 41. The molecule has 34 nitrogen and oxygen atoms in total. The highest BCUT2D eigenvalue weighted by atomic mass is 16.4. The SMILES string of the molecule is CC(C)C[C@H](NC(=O)[C@@H](N)Cc1ccc(O)cc1)C(=O)N[C@@H](CCCN=C(N)N)C(=O)N[C@@H](CCCN=C(N)N)C(=O)N[C@@H](Cc1cnc[nH]1)C(=O)N[C@H](C(=O)N[C@@H](Cc1cnc[nH]1)C(=O)N[C@H](C(=O)N[C@@H](Cc1ccccc1)C(=O)N[C@@H](Cc1c[nH]c2ccccc12)C(=O)O)C(C)C)[C@@H](C)O. The van der Waals surface area contributed by atoms with Gasteiger partial charge in [-0.2, -0.15) is 0 Å². The molecule has 3 heterocycles. The van der Waals surface area contributed by atoms with Gasteiger partial charge in [-0.05, 0) is 92.2 Å². The van der Waals surface area contributed by atoms with Gasteiger partial charge in [-0.25, -0.2) is 14.8 Å².